The fourth-order valence-electron chi connectivity index (χ4n) is 3.08. The monoisotopic (exact) mass is 270 g/mol. The van der Waals surface area contributed by atoms with Crippen LogP contribution in [-0.2, 0) is 20.1 Å². The Balaban J connectivity index is 2.13. The molecular weight excluding hydrogens is 248 g/mol. The van der Waals surface area contributed by atoms with Gasteiger partial charge in [-0.05, 0) is 37.1 Å². The molecule has 0 atom stereocenters. The third-order valence-electron chi connectivity index (χ3n) is 4.41. The van der Waals surface area contributed by atoms with E-state index in [2.05, 4.69) is 35.4 Å². The van der Waals surface area contributed by atoms with E-state index in [1.807, 2.05) is 20.2 Å². The van der Waals surface area contributed by atoms with Crippen LogP contribution in [0.4, 0.5) is 0 Å². The van der Waals surface area contributed by atoms with Gasteiger partial charge in [0.15, 0.2) is 5.78 Å². The Hall–Kier alpha value is -1.61. The molecule has 3 nitrogen and oxygen atoms in total. The number of rotatable bonds is 3. The summed E-state index contributed by atoms with van der Waals surface area (Å²) in [6.45, 7) is 8.41. The molecule has 0 unspecified atom stereocenters. The lowest BCUT2D eigenvalue weighted by molar-refractivity contribution is 0.0989. The Kier molecular flexibility index (Phi) is 3.17. The predicted molar refractivity (Wildman–Crippen MR) is 81.9 cm³/mol. The van der Waals surface area contributed by atoms with Crippen molar-refractivity contribution in [2.45, 2.75) is 46.3 Å². The summed E-state index contributed by atoms with van der Waals surface area (Å²) in [5, 5.41) is 1.11. The fourth-order valence-corrected chi connectivity index (χ4v) is 3.08. The second kappa shape index (κ2) is 4.74. The summed E-state index contributed by atoms with van der Waals surface area (Å²) in [4.78, 5) is 14.6. The Morgan fingerprint density at radius 2 is 1.90 bits per heavy atom. The predicted octanol–water partition coefficient (Wildman–Crippen LogP) is 3.50. The van der Waals surface area contributed by atoms with Crippen molar-refractivity contribution >= 4 is 16.7 Å². The van der Waals surface area contributed by atoms with Crippen LogP contribution in [0.15, 0.2) is 18.3 Å². The Bertz CT molecular complexity index is 682. The molecule has 0 spiro atoms. The van der Waals surface area contributed by atoms with Crippen LogP contribution >= 0.6 is 0 Å². The first-order chi connectivity index (χ1) is 9.51. The zero-order valence-corrected chi connectivity index (χ0v) is 12.7. The second-order valence-corrected chi connectivity index (χ2v) is 6.07. The maximum absolute atomic E-state index is 12.1. The van der Waals surface area contributed by atoms with Crippen molar-refractivity contribution in [1.29, 1.82) is 0 Å². The fraction of sp³-hybridized carbons (Fsp3) is 0.471. The number of hydrogen-bond acceptors (Lipinski definition) is 2. The molecule has 0 radical (unpaired) electrons. The van der Waals surface area contributed by atoms with Crippen LogP contribution in [0.25, 0.3) is 10.9 Å². The number of carbonyl (C=O) groups is 1. The van der Waals surface area contributed by atoms with Crippen molar-refractivity contribution in [3.63, 3.8) is 0 Å². The van der Waals surface area contributed by atoms with Crippen molar-refractivity contribution in [2.24, 2.45) is 7.05 Å². The van der Waals surface area contributed by atoms with Crippen molar-refractivity contribution in [1.82, 2.24) is 9.47 Å². The van der Waals surface area contributed by atoms with E-state index in [0.717, 1.165) is 24.0 Å². The van der Waals surface area contributed by atoms with Gasteiger partial charge in [0.25, 0.3) is 0 Å². The number of aromatic nitrogens is 1. The first-order valence-electron chi connectivity index (χ1n) is 7.39. The molecule has 106 valence electrons. The minimum atomic E-state index is 0.231. The molecule has 1 aromatic heterocycles. The van der Waals surface area contributed by atoms with E-state index in [-0.39, 0.29) is 5.78 Å². The van der Waals surface area contributed by atoms with Gasteiger partial charge in [-0.15, -0.1) is 0 Å². The minimum absolute atomic E-state index is 0.231. The average molecular weight is 270 g/mol. The molecule has 20 heavy (non-hydrogen) atoms. The van der Waals surface area contributed by atoms with Gasteiger partial charge in [-0.1, -0.05) is 6.92 Å². The molecule has 0 saturated carbocycles. The van der Waals surface area contributed by atoms with Gasteiger partial charge in [0.2, 0.25) is 0 Å². The molecular formula is C17H22N2O. The molecule has 0 fully saturated rings. The number of aryl methyl sites for hydroxylation is 1. The largest absolute Gasteiger partial charge is 0.350 e. The lowest BCUT2D eigenvalue weighted by atomic mass is 10.0. The molecule has 3 heteroatoms. The standard InChI is InChI=1S/C17H22N2O/c1-5-17(20)15-10-18(4)16-7-13-9-19(11(2)3)8-12(13)6-14(15)16/h6-7,10-11H,5,8-9H2,1-4H3. The summed E-state index contributed by atoms with van der Waals surface area (Å²) in [5.74, 6) is 0.231. The van der Waals surface area contributed by atoms with E-state index >= 15 is 0 Å². The smallest absolute Gasteiger partial charge is 0.164 e. The number of nitrogens with zero attached hydrogens (tertiary/aromatic N) is 2. The van der Waals surface area contributed by atoms with Gasteiger partial charge >= 0.3 is 0 Å². The number of hydrogen-bond donors (Lipinski definition) is 0. The van der Waals surface area contributed by atoms with Crippen LogP contribution in [0.1, 0.15) is 48.7 Å². The summed E-state index contributed by atoms with van der Waals surface area (Å²) in [6.07, 6.45) is 2.54. The zero-order valence-electron chi connectivity index (χ0n) is 12.7. The van der Waals surface area contributed by atoms with Gasteiger partial charge in [-0.2, -0.15) is 0 Å². The van der Waals surface area contributed by atoms with Gasteiger partial charge in [0.1, 0.15) is 0 Å². The van der Waals surface area contributed by atoms with Gasteiger partial charge in [0.05, 0.1) is 0 Å². The first-order valence-corrected chi connectivity index (χ1v) is 7.39. The average Bonchev–Trinajstić information content (AvgIpc) is 2.97. The van der Waals surface area contributed by atoms with Gasteiger partial charge in [-0.25, -0.2) is 0 Å². The Morgan fingerprint density at radius 3 is 2.50 bits per heavy atom. The molecule has 0 saturated heterocycles. The van der Waals surface area contributed by atoms with Crippen LogP contribution in [0, 0.1) is 0 Å². The van der Waals surface area contributed by atoms with Gasteiger partial charge in [-0.3, -0.25) is 9.69 Å². The van der Waals surface area contributed by atoms with Crippen molar-refractivity contribution in [3.05, 3.63) is 35.0 Å². The van der Waals surface area contributed by atoms with E-state index in [4.69, 9.17) is 0 Å². The highest BCUT2D eigenvalue weighted by Crippen LogP contribution is 2.31. The topological polar surface area (TPSA) is 25.2 Å². The summed E-state index contributed by atoms with van der Waals surface area (Å²) >= 11 is 0. The second-order valence-electron chi connectivity index (χ2n) is 6.07. The number of ketones is 1. The number of fused-ring (bicyclic) bond motifs is 2. The molecule has 1 aromatic carbocycles. The number of benzene rings is 1. The van der Waals surface area contributed by atoms with Crippen molar-refractivity contribution in [2.75, 3.05) is 0 Å². The molecule has 1 aliphatic rings. The quantitative estimate of drug-likeness (QED) is 0.798. The van der Waals surface area contributed by atoms with Crippen molar-refractivity contribution < 1.29 is 4.79 Å². The SMILES string of the molecule is CCC(=O)c1cn(C)c2cc3c(cc12)CN(C(C)C)C3. The molecule has 2 heterocycles. The van der Waals surface area contributed by atoms with Crippen molar-refractivity contribution in [3.8, 4) is 0 Å². The number of Topliss-reactive ketones (excluding diaryl/α,β-unsaturated/α-hetero) is 1. The summed E-state index contributed by atoms with van der Waals surface area (Å²) in [6, 6.07) is 5.05. The normalized spacial score (nSPS) is 15.2. The summed E-state index contributed by atoms with van der Waals surface area (Å²) in [7, 11) is 2.02. The van der Waals surface area contributed by atoms with Gasteiger partial charge < -0.3 is 4.57 Å². The highest BCUT2D eigenvalue weighted by Gasteiger charge is 2.23. The van der Waals surface area contributed by atoms with E-state index in [1.54, 1.807) is 0 Å². The van der Waals surface area contributed by atoms with Gasteiger partial charge in [0, 0.05) is 55.3 Å². The minimum Gasteiger partial charge on any atom is -0.350 e. The van der Waals surface area contributed by atoms with E-state index in [9.17, 15) is 4.79 Å². The maximum Gasteiger partial charge on any atom is 0.164 e. The zero-order chi connectivity index (χ0) is 14.4. The van der Waals surface area contributed by atoms with E-state index < -0.39 is 0 Å². The van der Waals surface area contributed by atoms with Crippen LogP contribution in [0.5, 0.6) is 0 Å². The van der Waals surface area contributed by atoms with Crippen LogP contribution < -0.4 is 0 Å². The third-order valence-corrected chi connectivity index (χ3v) is 4.41. The Morgan fingerprint density at radius 1 is 1.25 bits per heavy atom. The third kappa shape index (κ3) is 1.97. The molecule has 0 amide bonds. The Labute approximate surface area is 120 Å². The van der Waals surface area contributed by atoms with E-state index in [0.29, 0.717) is 12.5 Å². The summed E-state index contributed by atoms with van der Waals surface area (Å²) in [5.41, 5.74) is 4.83. The van der Waals surface area contributed by atoms with Crippen LogP contribution in [0.2, 0.25) is 0 Å². The molecule has 2 aromatic rings. The maximum atomic E-state index is 12.1. The molecule has 0 N–H and O–H groups in total. The van der Waals surface area contributed by atoms with Crippen LogP contribution in [0.3, 0.4) is 0 Å². The summed E-state index contributed by atoms with van der Waals surface area (Å²) < 4.78 is 2.08. The lowest BCUT2D eigenvalue weighted by Crippen LogP contribution is -2.24. The lowest BCUT2D eigenvalue weighted by Gasteiger charge is -2.18. The first kappa shape index (κ1) is 13.4. The molecule has 3 rings (SSSR count). The van der Waals surface area contributed by atoms with Crippen LogP contribution in [-0.4, -0.2) is 21.3 Å². The van der Waals surface area contributed by atoms with E-state index in [1.165, 1.54) is 16.6 Å². The molecule has 0 bridgehead atoms. The molecule has 1 aliphatic heterocycles. The highest BCUT2D eigenvalue weighted by atomic mass is 16.1. The highest BCUT2D eigenvalue weighted by molar-refractivity contribution is 6.08. The number of carbonyl (C=O) groups excluding carboxylic acids is 1. The molecule has 0 aliphatic carbocycles.